The first-order chi connectivity index (χ1) is 17.0. The second kappa shape index (κ2) is 11.6. The molecule has 7 nitrogen and oxygen atoms in total. The lowest BCUT2D eigenvalue weighted by atomic mass is 10.2. The number of hydrogen-bond donors (Lipinski definition) is 3. The lowest BCUT2D eigenvalue weighted by molar-refractivity contribution is 0.340. The van der Waals surface area contributed by atoms with Gasteiger partial charge in [0.05, 0.1) is 6.61 Å². The number of nitrogens with zero attached hydrogens (tertiary/aromatic N) is 3. The highest BCUT2D eigenvalue weighted by Gasteiger charge is 2.11. The van der Waals surface area contributed by atoms with E-state index in [2.05, 4.69) is 30.9 Å². The SMILES string of the molecule is CCOc1ccc(NC(=S)Sc2nc(Nc3ccc(C)cc3)nc(Nc3ccc(C)cc3)n2)cc1. The molecule has 4 aromatic rings. The summed E-state index contributed by atoms with van der Waals surface area (Å²) in [6.45, 7) is 6.67. The van der Waals surface area contributed by atoms with Crippen LogP contribution in [-0.4, -0.2) is 25.9 Å². The molecular weight excluding hydrogens is 476 g/mol. The molecule has 0 aliphatic carbocycles. The molecule has 0 unspecified atom stereocenters. The molecule has 0 amide bonds. The van der Waals surface area contributed by atoms with Crippen LogP contribution in [0, 0.1) is 13.8 Å². The van der Waals surface area contributed by atoms with Crippen LogP contribution in [0.4, 0.5) is 29.0 Å². The Bertz CT molecular complexity index is 1210. The average Bonchev–Trinajstić information content (AvgIpc) is 2.83. The molecule has 9 heteroatoms. The van der Waals surface area contributed by atoms with Crippen LogP contribution in [-0.2, 0) is 0 Å². The highest BCUT2D eigenvalue weighted by atomic mass is 32.2. The van der Waals surface area contributed by atoms with Gasteiger partial charge >= 0.3 is 0 Å². The van der Waals surface area contributed by atoms with Crippen molar-refractivity contribution in [3.8, 4) is 5.75 Å². The van der Waals surface area contributed by atoms with E-state index in [1.54, 1.807) is 0 Å². The summed E-state index contributed by atoms with van der Waals surface area (Å²) >= 11 is 6.81. The number of aromatic nitrogens is 3. The van der Waals surface area contributed by atoms with Crippen LogP contribution in [0.15, 0.2) is 78.0 Å². The summed E-state index contributed by atoms with van der Waals surface area (Å²) in [6, 6.07) is 23.7. The fourth-order valence-electron chi connectivity index (χ4n) is 3.07. The third kappa shape index (κ3) is 7.40. The molecule has 0 aliphatic rings. The number of hydrogen-bond acceptors (Lipinski definition) is 8. The van der Waals surface area contributed by atoms with Crippen LogP contribution in [0.1, 0.15) is 18.1 Å². The van der Waals surface area contributed by atoms with Gasteiger partial charge in [-0.3, -0.25) is 0 Å². The molecule has 35 heavy (non-hydrogen) atoms. The van der Waals surface area contributed by atoms with Gasteiger partial charge in [0.15, 0.2) is 0 Å². The highest BCUT2D eigenvalue weighted by Crippen LogP contribution is 2.24. The van der Waals surface area contributed by atoms with E-state index in [4.69, 9.17) is 17.0 Å². The zero-order valence-corrected chi connectivity index (χ0v) is 21.3. The van der Waals surface area contributed by atoms with E-state index in [0.29, 0.717) is 28.0 Å². The number of thioether (sulfide) groups is 1. The summed E-state index contributed by atoms with van der Waals surface area (Å²) in [5, 5.41) is 10.2. The van der Waals surface area contributed by atoms with Crippen molar-refractivity contribution in [2.45, 2.75) is 25.9 Å². The van der Waals surface area contributed by atoms with Crippen LogP contribution < -0.4 is 20.7 Å². The minimum Gasteiger partial charge on any atom is -0.494 e. The number of thiocarbonyl (C=S) groups is 1. The molecule has 1 aromatic heterocycles. The Labute approximate surface area is 214 Å². The van der Waals surface area contributed by atoms with Crippen LogP contribution in [0.25, 0.3) is 0 Å². The Kier molecular flexibility index (Phi) is 8.12. The number of aryl methyl sites for hydroxylation is 2. The Morgan fingerprint density at radius 1 is 0.743 bits per heavy atom. The van der Waals surface area contributed by atoms with Gasteiger partial charge < -0.3 is 20.7 Å². The standard InChI is InChI=1S/C26H26N6OS2/c1-4-33-22-15-13-21(14-16-22)29-26(34)35-25-31-23(27-19-9-5-17(2)6-10-19)30-24(32-25)28-20-11-7-18(3)8-12-20/h5-16H,4H2,1-3H3,(H,29,34)(H2,27,28,30,31,32). The number of anilines is 5. The van der Waals surface area contributed by atoms with Crippen molar-refractivity contribution < 1.29 is 4.74 Å². The molecule has 178 valence electrons. The van der Waals surface area contributed by atoms with Crippen molar-refractivity contribution >= 4 is 57.3 Å². The van der Waals surface area contributed by atoms with Gasteiger partial charge in [0.2, 0.25) is 17.1 Å². The van der Waals surface area contributed by atoms with Crippen molar-refractivity contribution in [1.82, 2.24) is 15.0 Å². The number of benzene rings is 3. The zero-order chi connectivity index (χ0) is 24.6. The summed E-state index contributed by atoms with van der Waals surface area (Å²) in [6.07, 6.45) is 0. The van der Waals surface area contributed by atoms with Crippen LogP contribution in [0.3, 0.4) is 0 Å². The van der Waals surface area contributed by atoms with Crippen LogP contribution >= 0.6 is 24.0 Å². The Hall–Kier alpha value is -3.69. The molecule has 0 fully saturated rings. The maximum atomic E-state index is 5.56. The van der Waals surface area contributed by atoms with Gasteiger partial charge in [-0.25, -0.2) is 0 Å². The van der Waals surface area contributed by atoms with E-state index >= 15 is 0 Å². The fourth-order valence-corrected chi connectivity index (χ4v) is 4.01. The average molecular weight is 503 g/mol. The minimum absolute atomic E-state index is 0.421. The summed E-state index contributed by atoms with van der Waals surface area (Å²) in [4.78, 5) is 13.7. The number of ether oxygens (including phenoxy) is 1. The molecule has 0 radical (unpaired) electrons. The minimum atomic E-state index is 0.421. The quantitative estimate of drug-likeness (QED) is 0.177. The first-order valence-electron chi connectivity index (χ1n) is 11.1. The smallest absolute Gasteiger partial charge is 0.233 e. The van der Waals surface area contributed by atoms with E-state index < -0.39 is 0 Å². The topological polar surface area (TPSA) is 84.0 Å². The van der Waals surface area contributed by atoms with Gasteiger partial charge in [-0.15, -0.1) is 0 Å². The molecule has 4 rings (SSSR count). The van der Waals surface area contributed by atoms with Gasteiger partial charge in [0.1, 0.15) is 10.1 Å². The predicted molar refractivity (Wildman–Crippen MR) is 148 cm³/mol. The van der Waals surface area contributed by atoms with E-state index in [1.165, 1.54) is 22.9 Å². The van der Waals surface area contributed by atoms with Gasteiger partial charge in [0.25, 0.3) is 0 Å². The molecule has 0 aliphatic heterocycles. The number of nitrogens with one attached hydrogen (secondary N) is 3. The highest BCUT2D eigenvalue weighted by molar-refractivity contribution is 8.23. The van der Waals surface area contributed by atoms with E-state index in [0.717, 1.165) is 22.8 Å². The normalized spacial score (nSPS) is 10.5. The Morgan fingerprint density at radius 3 is 1.71 bits per heavy atom. The molecule has 1 heterocycles. The molecule has 0 spiro atoms. The second-order valence-electron chi connectivity index (χ2n) is 7.72. The Morgan fingerprint density at radius 2 is 1.23 bits per heavy atom. The lowest BCUT2D eigenvalue weighted by Gasteiger charge is -2.12. The van der Waals surface area contributed by atoms with Crippen molar-refractivity contribution in [3.05, 3.63) is 83.9 Å². The molecule has 0 saturated heterocycles. The molecule has 0 atom stereocenters. The largest absolute Gasteiger partial charge is 0.494 e. The van der Waals surface area contributed by atoms with Gasteiger partial charge in [-0.2, -0.15) is 15.0 Å². The van der Waals surface area contributed by atoms with Crippen molar-refractivity contribution in [1.29, 1.82) is 0 Å². The first kappa shape index (κ1) is 24.4. The summed E-state index contributed by atoms with van der Waals surface area (Å²) in [5.74, 6) is 1.65. The van der Waals surface area contributed by atoms with Crippen LogP contribution in [0.5, 0.6) is 5.75 Å². The third-order valence-electron chi connectivity index (χ3n) is 4.83. The molecule has 3 N–H and O–H groups in total. The molecule has 3 aromatic carbocycles. The van der Waals surface area contributed by atoms with E-state index in [9.17, 15) is 0 Å². The Balaban J connectivity index is 1.53. The summed E-state index contributed by atoms with van der Waals surface area (Å²) < 4.78 is 6.01. The van der Waals surface area contributed by atoms with Crippen LogP contribution in [0.2, 0.25) is 0 Å². The summed E-state index contributed by atoms with van der Waals surface area (Å²) in [7, 11) is 0. The zero-order valence-electron chi connectivity index (χ0n) is 19.7. The molecular formula is C26H26N6OS2. The van der Waals surface area contributed by atoms with Gasteiger partial charge in [-0.05, 0) is 81.1 Å². The summed E-state index contributed by atoms with van der Waals surface area (Å²) in [5.41, 5.74) is 4.98. The van der Waals surface area contributed by atoms with Crippen molar-refractivity contribution in [2.24, 2.45) is 0 Å². The lowest BCUT2D eigenvalue weighted by Crippen LogP contribution is -2.09. The van der Waals surface area contributed by atoms with Gasteiger partial charge in [0, 0.05) is 17.1 Å². The monoisotopic (exact) mass is 502 g/mol. The molecule has 0 saturated carbocycles. The van der Waals surface area contributed by atoms with Crippen molar-refractivity contribution in [2.75, 3.05) is 22.6 Å². The van der Waals surface area contributed by atoms with Crippen molar-refractivity contribution in [3.63, 3.8) is 0 Å². The predicted octanol–water partition coefficient (Wildman–Crippen LogP) is 6.86. The fraction of sp³-hybridized carbons (Fsp3) is 0.154. The third-order valence-corrected chi connectivity index (χ3v) is 5.83. The van der Waals surface area contributed by atoms with E-state index in [-0.39, 0.29) is 0 Å². The number of rotatable bonds is 8. The maximum absolute atomic E-state index is 5.56. The first-order valence-corrected chi connectivity index (χ1v) is 12.3. The maximum Gasteiger partial charge on any atom is 0.233 e. The van der Waals surface area contributed by atoms with Gasteiger partial charge in [-0.1, -0.05) is 47.6 Å². The van der Waals surface area contributed by atoms with E-state index in [1.807, 2.05) is 93.6 Å². The molecule has 0 bridgehead atoms. The second-order valence-corrected chi connectivity index (χ2v) is 9.36.